The Labute approximate surface area is 645 Å². The molecule has 5 N–H and O–H groups in total. The lowest BCUT2D eigenvalue weighted by Crippen LogP contribution is -2.46. The summed E-state index contributed by atoms with van der Waals surface area (Å²) in [6.45, 7) is -1.14. The quantitative estimate of drug-likeness (QED) is 0.0169. The van der Waals surface area contributed by atoms with Crippen LogP contribution in [0, 0.1) is 0 Å². The van der Waals surface area contributed by atoms with Crippen molar-refractivity contribution in [1.82, 2.24) is 39.0 Å². The number of hydrogen-bond donors (Lipinski definition) is 4. The van der Waals surface area contributed by atoms with Crippen LogP contribution in [-0.2, 0) is 58.8 Å². The number of halogens is 6. The van der Waals surface area contributed by atoms with Gasteiger partial charge in [-0.05, 0) is 100 Å². The predicted octanol–water partition coefficient (Wildman–Crippen LogP) is 10.7. The van der Waals surface area contributed by atoms with E-state index in [0.717, 1.165) is 33.9 Å². The number of aromatic nitrogens is 8. The number of nitrogens with two attached hydrogens (primary N) is 1. The minimum absolute atomic E-state index is 0.111. The molecule has 0 radical (unpaired) electrons. The van der Waals surface area contributed by atoms with Crippen molar-refractivity contribution in [2.45, 2.75) is 71.3 Å². The molecule has 592 valence electrons. The Kier molecular flexibility index (Phi) is 23.3. The van der Waals surface area contributed by atoms with Gasteiger partial charge in [0.1, 0.15) is 88.6 Å². The molecule has 36 heteroatoms. The van der Waals surface area contributed by atoms with Crippen molar-refractivity contribution in [3.63, 3.8) is 0 Å². The van der Waals surface area contributed by atoms with Crippen LogP contribution in [-0.4, -0.2) is 167 Å². The number of imidazole rings is 2. The van der Waals surface area contributed by atoms with Gasteiger partial charge in [0.2, 0.25) is 5.91 Å². The molecule has 14 rings (SSSR count). The normalized spacial score (nSPS) is 18.7. The Bertz CT molecular complexity index is 5520. The molecular formula is C78H68F6N10O18S2. The molecule has 0 unspecified atom stereocenters. The Balaban J connectivity index is 0.000000205. The zero-order valence-electron chi connectivity index (χ0n) is 60.2. The number of primary amides is 1. The zero-order chi connectivity index (χ0) is 80.9. The van der Waals surface area contributed by atoms with E-state index < -0.39 is 116 Å². The number of alkyl halides is 6. The van der Waals surface area contributed by atoms with Crippen LogP contribution in [0.4, 0.5) is 32.2 Å². The number of fused-ring (bicyclic) bond motifs is 2. The molecular weight excluding hydrogens is 1540 g/mol. The highest BCUT2D eigenvalue weighted by Gasteiger charge is 2.60. The third-order valence-electron chi connectivity index (χ3n) is 18.9. The van der Waals surface area contributed by atoms with Gasteiger partial charge in [0, 0.05) is 16.7 Å². The van der Waals surface area contributed by atoms with E-state index in [1.807, 2.05) is 78.9 Å². The van der Waals surface area contributed by atoms with Gasteiger partial charge in [0.25, 0.3) is 5.91 Å². The minimum Gasteiger partial charge on any atom is -0.497 e. The molecule has 2 fully saturated rings. The number of aliphatic hydroxyl groups is 2. The zero-order valence-corrected chi connectivity index (χ0v) is 61.8. The van der Waals surface area contributed by atoms with E-state index in [1.165, 1.54) is 39.0 Å². The number of benzene rings is 8. The first-order chi connectivity index (χ1) is 54.6. The van der Waals surface area contributed by atoms with Crippen LogP contribution < -0.4 is 30.0 Å². The van der Waals surface area contributed by atoms with Crippen LogP contribution >= 0.6 is 0 Å². The number of aliphatic hydroxyl groups excluding tert-OH is 2. The van der Waals surface area contributed by atoms with E-state index >= 15 is 0 Å². The lowest BCUT2D eigenvalue weighted by Gasteiger charge is -2.37. The number of methoxy groups -OCH3 is 4. The van der Waals surface area contributed by atoms with E-state index in [-0.39, 0.29) is 29.1 Å². The second kappa shape index (κ2) is 33.1. The number of ether oxygens (including phenoxy) is 8. The van der Waals surface area contributed by atoms with Gasteiger partial charge < -0.3 is 59.2 Å². The molecule has 28 nitrogen and oxygen atoms in total. The number of rotatable bonds is 26. The largest absolute Gasteiger partial charge is 0.523 e. The minimum atomic E-state index is -6.77. The summed E-state index contributed by atoms with van der Waals surface area (Å²) in [7, 11) is -7.49. The third-order valence-corrected chi connectivity index (χ3v) is 21.0. The van der Waals surface area contributed by atoms with Gasteiger partial charge in [-0.3, -0.25) is 27.1 Å². The van der Waals surface area contributed by atoms with E-state index in [0.29, 0.717) is 62.1 Å². The molecule has 8 aromatic carbocycles. The molecule has 2 amide bonds. The Morgan fingerprint density at radius 2 is 0.851 bits per heavy atom. The highest BCUT2D eigenvalue weighted by atomic mass is 32.2. The molecule has 0 bridgehead atoms. The van der Waals surface area contributed by atoms with E-state index in [4.69, 9.17) is 43.6 Å². The average molecular weight is 1610 g/mol. The second-order valence-corrected chi connectivity index (χ2v) is 28.6. The van der Waals surface area contributed by atoms with Crippen LogP contribution in [0.25, 0.3) is 33.6 Å². The molecule has 114 heavy (non-hydrogen) atoms. The molecule has 2 saturated heterocycles. The number of carbonyl (C=O) groups is 2. The molecule has 0 spiro atoms. The average Bonchev–Trinajstić information content (AvgIpc) is 1.32. The molecule has 0 saturated carbocycles. The molecule has 2 aliphatic heterocycles. The molecule has 6 heterocycles. The van der Waals surface area contributed by atoms with Crippen LogP contribution in [0.5, 0.6) is 23.0 Å². The monoisotopic (exact) mass is 1610 g/mol. The van der Waals surface area contributed by atoms with E-state index in [1.54, 1.807) is 140 Å². The molecule has 12 aromatic rings. The topological polar surface area (TPSA) is 360 Å². The Morgan fingerprint density at radius 1 is 0.465 bits per heavy atom. The summed E-state index contributed by atoms with van der Waals surface area (Å²) in [5, 5.41) is 25.2. The second-order valence-electron chi connectivity index (χ2n) is 25.5. The number of hydrogen-bond acceptors (Lipinski definition) is 24. The summed E-state index contributed by atoms with van der Waals surface area (Å²) in [6, 6.07) is 60.3. The Hall–Kier alpha value is -11.8. The van der Waals surface area contributed by atoms with Gasteiger partial charge in [-0.1, -0.05) is 146 Å². The highest BCUT2D eigenvalue weighted by Crippen LogP contribution is 2.48. The summed E-state index contributed by atoms with van der Waals surface area (Å²) < 4.78 is 194. The maximum Gasteiger partial charge on any atom is 0.523 e. The van der Waals surface area contributed by atoms with Crippen molar-refractivity contribution in [3.8, 4) is 34.3 Å². The molecule has 4 aromatic heterocycles. The lowest BCUT2D eigenvalue weighted by atomic mass is 9.80. The summed E-state index contributed by atoms with van der Waals surface area (Å²) in [5.41, 5.74) is -4.84. The first-order valence-electron chi connectivity index (χ1n) is 34.4. The van der Waals surface area contributed by atoms with Crippen LogP contribution in [0.15, 0.2) is 238 Å². The summed E-state index contributed by atoms with van der Waals surface area (Å²) in [5.74, 6) is 0.602. The van der Waals surface area contributed by atoms with Crippen LogP contribution in [0.2, 0.25) is 0 Å². The van der Waals surface area contributed by atoms with Crippen molar-refractivity contribution in [3.05, 3.63) is 282 Å². The maximum atomic E-state index is 14.1. The van der Waals surface area contributed by atoms with Gasteiger partial charge in [-0.25, -0.2) is 29.9 Å². The number of nitrogens with zero attached hydrogens (tertiary/aromatic N) is 8. The molecule has 8 atom stereocenters. The molecule has 0 aliphatic carbocycles. The van der Waals surface area contributed by atoms with Crippen molar-refractivity contribution < 1.29 is 109 Å². The smallest absolute Gasteiger partial charge is 0.497 e. The highest BCUT2D eigenvalue weighted by molar-refractivity contribution is 7.88. The first kappa shape index (κ1) is 80.2. The van der Waals surface area contributed by atoms with Gasteiger partial charge in [-0.2, -0.15) is 43.2 Å². The number of nitrogens with one attached hydrogen (secondary N) is 1. The number of anilines is 1. The van der Waals surface area contributed by atoms with Crippen molar-refractivity contribution in [2.75, 3.05) is 47.0 Å². The standard InChI is InChI=1S/C40H33F6N5O11S2.C38H35N5O7/c1-57-28-17-13-26(14-18-28)38(25-11-7-4-8-12-25,27-15-19-29(58-2)20-16-27)59-21-30-32(61-63(53,54)39(41,42)43)33(62-64(55,56)40(44,45)46)37(60-30)51-23-49-31-34(47-22-48-35(31)51)50-36(52)24-9-5-3-6-10-24;1-47-26-16-12-24(13-17-26)38(23-8-4-3-5-9-23,25-14-18-27(48-2)19-15-25)49-20-30-33(44)34(45)37(50-30)43-22-42-32-31(40-21-41-36(32)43)28-10-6-7-11-29(28)35(39)46/h3-20,22-23,30,32-33,37H,21H2,1-2H3,(H,47,48,50,52);3-19,21-22,30,33-34,37,44-45H,20H2,1-2H3,(H2,39,46)/t30-,32-,33-,37-;30-,33-,34-,37-/m11/s1. The maximum absolute atomic E-state index is 14.1. The fourth-order valence-corrected chi connectivity index (χ4v) is 14.6. The van der Waals surface area contributed by atoms with Crippen molar-refractivity contribution in [1.29, 1.82) is 0 Å². The summed E-state index contributed by atoms with van der Waals surface area (Å²) >= 11 is 0. The Morgan fingerprint density at radius 3 is 1.31 bits per heavy atom. The summed E-state index contributed by atoms with van der Waals surface area (Å²) in [6.07, 6.45) is -10.5. The fraction of sp³-hybridized carbons (Fsp3) is 0.231. The van der Waals surface area contributed by atoms with Crippen LogP contribution in [0.3, 0.4) is 0 Å². The van der Waals surface area contributed by atoms with Crippen LogP contribution in [0.1, 0.15) is 66.6 Å². The van der Waals surface area contributed by atoms with Gasteiger partial charge >= 0.3 is 31.3 Å². The molecule has 2 aliphatic rings. The van der Waals surface area contributed by atoms with Gasteiger partial charge in [0.05, 0.1) is 54.3 Å². The SMILES string of the molecule is COc1ccc(C(OC[C@H]2O[C@@H](n3cnc4c(-c5ccccc5C(N)=O)ncnc43)[C@H](O)[C@@H]2O)(c2ccccc2)c2ccc(OC)cc2)cc1.COc1ccc(C(OC[C@H]2O[C@@H](n3cnc4c(NC(=O)c5ccccc5)ncnc43)[C@H](OS(=O)(=O)C(F)(F)F)[C@@H]2OS(=O)(=O)C(F)(F)F)(c2ccccc2)c2ccc(OC)cc2)cc1. The van der Waals surface area contributed by atoms with Crippen molar-refractivity contribution in [2.24, 2.45) is 5.73 Å². The van der Waals surface area contributed by atoms with Gasteiger partial charge in [-0.15, -0.1) is 0 Å². The van der Waals surface area contributed by atoms with Gasteiger partial charge in [0.15, 0.2) is 41.2 Å². The lowest BCUT2D eigenvalue weighted by molar-refractivity contribution is -0.0956. The first-order valence-corrected chi connectivity index (χ1v) is 37.2. The fourth-order valence-electron chi connectivity index (χ4n) is 13.4. The van der Waals surface area contributed by atoms with E-state index in [2.05, 4.69) is 43.6 Å². The number of amides is 2. The number of carbonyl (C=O) groups excluding carboxylic acids is 2. The van der Waals surface area contributed by atoms with E-state index in [9.17, 15) is 63.0 Å². The predicted molar refractivity (Wildman–Crippen MR) is 395 cm³/mol. The summed E-state index contributed by atoms with van der Waals surface area (Å²) in [4.78, 5) is 50.7. The van der Waals surface area contributed by atoms with Crippen molar-refractivity contribution >= 4 is 60.2 Å². The third kappa shape index (κ3) is 15.9.